The Hall–Kier alpha value is 0. The molecule has 0 aliphatic heterocycles. The number of hydrogen-bond donors (Lipinski definition) is 0. The first-order chi connectivity index (χ1) is 7.36. The van der Waals surface area contributed by atoms with Crippen molar-refractivity contribution in [3.63, 3.8) is 0 Å². The Morgan fingerprint density at radius 2 is 0.882 bits per heavy atom. The van der Waals surface area contributed by atoms with Crippen molar-refractivity contribution in [3.05, 3.63) is 0 Å². The second kappa shape index (κ2) is 12.5. The molecule has 0 N–H and O–H groups in total. The van der Waals surface area contributed by atoms with Gasteiger partial charge in [-0.05, 0) is 11.8 Å². The van der Waals surface area contributed by atoms with Crippen LogP contribution in [-0.4, -0.2) is 0 Å². The number of hydrogen-bond acceptors (Lipinski definition) is 0. The zero-order valence-electron chi connectivity index (χ0n) is 10.9. The molecule has 2 rings (SSSR count). The normalized spacial score (nSPS) is 20.8. The van der Waals surface area contributed by atoms with E-state index in [1.165, 1.54) is 70.6 Å². The highest BCUT2D eigenvalue weighted by Crippen LogP contribution is 2.26. The SMILES string of the molecule is C.C.CCC1CCCC1.CCC1CCCCC1. The molecule has 106 valence electrons. The monoisotopic (exact) mass is 242 g/mol. The van der Waals surface area contributed by atoms with Crippen molar-refractivity contribution in [2.24, 2.45) is 11.8 Å². The zero-order valence-corrected chi connectivity index (χ0v) is 10.9. The van der Waals surface area contributed by atoms with E-state index in [0.717, 1.165) is 11.8 Å². The van der Waals surface area contributed by atoms with Crippen LogP contribution in [0.25, 0.3) is 0 Å². The van der Waals surface area contributed by atoms with Crippen LogP contribution in [-0.2, 0) is 0 Å². The summed E-state index contributed by atoms with van der Waals surface area (Å²) in [4.78, 5) is 0. The molecule has 2 fully saturated rings. The van der Waals surface area contributed by atoms with Crippen LogP contribution in [0.3, 0.4) is 0 Å². The third kappa shape index (κ3) is 8.69. The van der Waals surface area contributed by atoms with Crippen molar-refractivity contribution in [3.8, 4) is 0 Å². The lowest BCUT2D eigenvalue weighted by Crippen LogP contribution is -2.03. The van der Waals surface area contributed by atoms with E-state index in [2.05, 4.69) is 13.8 Å². The molecule has 0 atom stereocenters. The second-order valence-corrected chi connectivity index (χ2v) is 5.47. The van der Waals surface area contributed by atoms with E-state index in [-0.39, 0.29) is 14.9 Å². The van der Waals surface area contributed by atoms with Crippen LogP contribution in [0.5, 0.6) is 0 Å². The highest BCUT2D eigenvalue weighted by molar-refractivity contribution is 4.64. The van der Waals surface area contributed by atoms with Crippen LogP contribution < -0.4 is 0 Å². The number of rotatable bonds is 2. The van der Waals surface area contributed by atoms with Crippen molar-refractivity contribution in [1.29, 1.82) is 0 Å². The van der Waals surface area contributed by atoms with Crippen LogP contribution in [0.1, 0.15) is 99.3 Å². The summed E-state index contributed by atoms with van der Waals surface area (Å²) in [7, 11) is 0. The summed E-state index contributed by atoms with van der Waals surface area (Å²) in [6.45, 7) is 4.62. The molecule has 0 aromatic rings. The fraction of sp³-hybridized carbons (Fsp3) is 1.00. The highest BCUT2D eigenvalue weighted by Gasteiger charge is 2.11. The van der Waals surface area contributed by atoms with Gasteiger partial charge in [0.05, 0.1) is 0 Å². The average Bonchev–Trinajstić information content (AvgIpc) is 2.84. The van der Waals surface area contributed by atoms with E-state index >= 15 is 0 Å². The molecular weight excluding hydrogens is 204 g/mol. The molecule has 2 aliphatic rings. The van der Waals surface area contributed by atoms with E-state index in [1.54, 1.807) is 0 Å². The summed E-state index contributed by atoms with van der Waals surface area (Å²) in [5, 5.41) is 0. The van der Waals surface area contributed by atoms with Gasteiger partial charge < -0.3 is 0 Å². The maximum absolute atomic E-state index is 2.32. The lowest BCUT2D eigenvalue weighted by Gasteiger charge is -2.18. The maximum Gasteiger partial charge on any atom is -0.0417 e. The first-order valence-electron chi connectivity index (χ1n) is 7.36. The van der Waals surface area contributed by atoms with Gasteiger partial charge in [-0.25, -0.2) is 0 Å². The summed E-state index contributed by atoms with van der Waals surface area (Å²) in [5.41, 5.74) is 0. The smallest absolute Gasteiger partial charge is 0.0417 e. The summed E-state index contributed by atoms with van der Waals surface area (Å²) in [6.07, 6.45) is 16.4. The highest BCUT2D eigenvalue weighted by atomic mass is 14.2. The van der Waals surface area contributed by atoms with Crippen molar-refractivity contribution in [1.82, 2.24) is 0 Å². The average molecular weight is 242 g/mol. The van der Waals surface area contributed by atoms with E-state index < -0.39 is 0 Å². The van der Waals surface area contributed by atoms with Crippen LogP contribution in [0.4, 0.5) is 0 Å². The van der Waals surface area contributed by atoms with Crippen molar-refractivity contribution >= 4 is 0 Å². The van der Waals surface area contributed by atoms with Gasteiger partial charge in [0.1, 0.15) is 0 Å². The summed E-state index contributed by atoms with van der Waals surface area (Å²) in [6, 6.07) is 0. The van der Waals surface area contributed by atoms with Crippen molar-refractivity contribution in [2.45, 2.75) is 99.3 Å². The third-order valence-corrected chi connectivity index (χ3v) is 4.35. The summed E-state index contributed by atoms with van der Waals surface area (Å²) in [5.74, 6) is 2.18. The van der Waals surface area contributed by atoms with Gasteiger partial charge in [0.25, 0.3) is 0 Å². The van der Waals surface area contributed by atoms with Gasteiger partial charge in [-0.3, -0.25) is 0 Å². The maximum atomic E-state index is 2.32. The Labute approximate surface area is 112 Å². The predicted octanol–water partition coefficient (Wildman–Crippen LogP) is 6.84. The van der Waals surface area contributed by atoms with Gasteiger partial charge in [-0.15, -0.1) is 0 Å². The lowest BCUT2D eigenvalue weighted by atomic mass is 9.88. The van der Waals surface area contributed by atoms with Gasteiger partial charge in [0.2, 0.25) is 0 Å². The molecule has 0 unspecified atom stereocenters. The van der Waals surface area contributed by atoms with Crippen LogP contribution in [0, 0.1) is 11.8 Å². The Bertz CT molecular complexity index is 127. The molecule has 0 bridgehead atoms. The summed E-state index contributed by atoms with van der Waals surface area (Å²) >= 11 is 0. The Kier molecular flexibility index (Phi) is 14.2. The topological polar surface area (TPSA) is 0 Å². The molecule has 0 aromatic carbocycles. The molecule has 2 aliphatic carbocycles. The molecule has 0 radical (unpaired) electrons. The van der Waals surface area contributed by atoms with Gasteiger partial charge in [-0.2, -0.15) is 0 Å². The van der Waals surface area contributed by atoms with Gasteiger partial charge >= 0.3 is 0 Å². The molecule has 0 nitrogen and oxygen atoms in total. The molecular formula is C17H38. The van der Waals surface area contributed by atoms with Crippen LogP contribution in [0.15, 0.2) is 0 Å². The van der Waals surface area contributed by atoms with Crippen molar-refractivity contribution in [2.75, 3.05) is 0 Å². The van der Waals surface area contributed by atoms with Crippen LogP contribution in [0.2, 0.25) is 0 Å². The third-order valence-electron chi connectivity index (χ3n) is 4.35. The first-order valence-corrected chi connectivity index (χ1v) is 7.36. The Morgan fingerprint density at radius 3 is 1.12 bits per heavy atom. The zero-order chi connectivity index (χ0) is 10.9. The molecule has 17 heavy (non-hydrogen) atoms. The minimum absolute atomic E-state index is 0. The van der Waals surface area contributed by atoms with Crippen LogP contribution >= 0.6 is 0 Å². The molecule has 0 spiro atoms. The minimum atomic E-state index is 0. The van der Waals surface area contributed by atoms with E-state index in [4.69, 9.17) is 0 Å². The standard InChI is InChI=1S/C8H16.C7H14.2CH4/c1-2-8-6-4-3-5-7-8;1-2-7-5-3-4-6-7;;/h8H,2-7H2,1H3;7H,2-6H2,1H3;2*1H4. The molecule has 0 heterocycles. The van der Waals surface area contributed by atoms with E-state index in [9.17, 15) is 0 Å². The summed E-state index contributed by atoms with van der Waals surface area (Å²) < 4.78 is 0. The molecule has 0 amide bonds. The first kappa shape index (κ1) is 19.3. The quantitative estimate of drug-likeness (QED) is 0.497. The van der Waals surface area contributed by atoms with Gasteiger partial charge in [-0.1, -0.05) is 99.3 Å². The van der Waals surface area contributed by atoms with E-state index in [1.807, 2.05) is 0 Å². The Balaban J connectivity index is 0. The molecule has 0 aromatic heterocycles. The Morgan fingerprint density at radius 1 is 0.588 bits per heavy atom. The van der Waals surface area contributed by atoms with Gasteiger partial charge in [0, 0.05) is 0 Å². The molecule has 2 saturated carbocycles. The van der Waals surface area contributed by atoms with Crippen molar-refractivity contribution < 1.29 is 0 Å². The minimum Gasteiger partial charge on any atom is -0.0776 e. The molecule has 0 saturated heterocycles. The van der Waals surface area contributed by atoms with E-state index in [0.29, 0.717) is 0 Å². The second-order valence-electron chi connectivity index (χ2n) is 5.47. The van der Waals surface area contributed by atoms with Gasteiger partial charge in [0.15, 0.2) is 0 Å². The fourth-order valence-electron chi connectivity index (χ4n) is 3.01. The largest absolute Gasteiger partial charge is 0.0776 e. The lowest BCUT2D eigenvalue weighted by molar-refractivity contribution is 0.349. The fourth-order valence-corrected chi connectivity index (χ4v) is 3.01. The predicted molar refractivity (Wildman–Crippen MR) is 82.6 cm³/mol. The molecule has 0 heteroatoms.